The molecule has 1 aliphatic rings. The second-order valence-electron chi connectivity index (χ2n) is 6.69. The lowest BCUT2D eigenvalue weighted by Crippen LogP contribution is -2.25. The molecule has 0 spiro atoms. The van der Waals surface area contributed by atoms with Gasteiger partial charge in [0.15, 0.2) is 0 Å². The van der Waals surface area contributed by atoms with E-state index < -0.39 is 0 Å². The maximum absolute atomic E-state index is 4.49. The summed E-state index contributed by atoms with van der Waals surface area (Å²) in [7, 11) is 0. The molecule has 1 N–H and O–H groups in total. The van der Waals surface area contributed by atoms with Crippen molar-refractivity contribution in [1.82, 2.24) is 10.3 Å². The molecule has 2 heteroatoms. The molecule has 2 nitrogen and oxygen atoms in total. The van der Waals surface area contributed by atoms with Crippen molar-refractivity contribution in [2.45, 2.75) is 39.7 Å². The molecule has 1 fully saturated rings. The highest BCUT2D eigenvalue weighted by molar-refractivity contribution is 5.79. The Kier molecular flexibility index (Phi) is 3.51. The molecular formula is C18H24N2. The molecule has 0 saturated heterocycles. The zero-order valence-electron chi connectivity index (χ0n) is 12.7. The van der Waals surface area contributed by atoms with Crippen molar-refractivity contribution in [3.05, 3.63) is 42.1 Å². The number of nitrogens with zero attached hydrogens (tertiary/aromatic N) is 1. The molecule has 1 aromatic heterocycles. The number of hydrogen-bond acceptors (Lipinski definition) is 2. The molecule has 0 bridgehead atoms. The van der Waals surface area contributed by atoms with E-state index in [1.54, 1.807) is 0 Å². The minimum Gasteiger partial charge on any atom is -0.310 e. The summed E-state index contributed by atoms with van der Waals surface area (Å²) in [4.78, 5) is 4.49. The molecule has 0 radical (unpaired) electrons. The van der Waals surface area contributed by atoms with Crippen LogP contribution in [0, 0.1) is 11.3 Å². The van der Waals surface area contributed by atoms with E-state index in [9.17, 15) is 0 Å². The van der Waals surface area contributed by atoms with E-state index in [-0.39, 0.29) is 0 Å². The summed E-state index contributed by atoms with van der Waals surface area (Å²) in [6.45, 7) is 8.05. The van der Waals surface area contributed by atoms with Gasteiger partial charge in [-0.2, -0.15) is 0 Å². The summed E-state index contributed by atoms with van der Waals surface area (Å²) in [6.07, 6.45) is 4.37. The largest absolute Gasteiger partial charge is 0.310 e. The maximum Gasteiger partial charge on any atom is 0.0705 e. The molecule has 1 heterocycles. The van der Waals surface area contributed by atoms with Gasteiger partial charge in [0, 0.05) is 17.6 Å². The van der Waals surface area contributed by atoms with E-state index in [2.05, 4.69) is 55.3 Å². The first kappa shape index (κ1) is 13.6. The summed E-state index contributed by atoms with van der Waals surface area (Å²) in [5.41, 5.74) is 2.97. The number of nitrogens with one attached hydrogen (secondary N) is 1. The van der Waals surface area contributed by atoms with Crippen molar-refractivity contribution < 1.29 is 0 Å². The summed E-state index contributed by atoms with van der Waals surface area (Å²) in [6, 6.07) is 11.3. The van der Waals surface area contributed by atoms with Gasteiger partial charge < -0.3 is 5.32 Å². The zero-order chi connectivity index (χ0) is 14.2. The Morgan fingerprint density at radius 2 is 2.15 bits per heavy atom. The SMILES string of the molecule is CCCNC(c1ccc2cccnc2c1)C1CC1(C)C. The second kappa shape index (κ2) is 5.17. The van der Waals surface area contributed by atoms with Crippen LogP contribution in [0.25, 0.3) is 10.9 Å². The Bertz CT molecular complexity index is 603. The molecule has 3 rings (SSSR count). The van der Waals surface area contributed by atoms with Crippen LogP contribution in [0.3, 0.4) is 0 Å². The van der Waals surface area contributed by atoms with Crippen molar-refractivity contribution in [1.29, 1.82) is 0 Å². The molecule has 2 atom stereocenters. The van der Waals surface area contributed by atoms with Gasteiger partial charge in [-0.3, -0.25) is 4.98 Å². The monoisotopic (exact) mass is 268 g/mol. The molecule has 2 aromatic rings. The van der Waals surface area contributed by atoms with Gasteiger partial charge in [0.05, 0.1) is 5.52 Å². The van der Waals surface area contributed by atoms with Crippen molar-refractivity contribution in [2.24, 2.45) is 11.3 Å². The summed E-state index contributed by atoms with van der Waals surface area (Å²) >= 11 is 0. The average Bonchev–Trinajstić information content (AvgIpc) is 3.08. The van der Waals surface area contributed by atoms with Crippen molar-refractivity contribution in [2.75, 3.05) is 6.54 Å². The Morgan fingerprint density at radius 1 is 1.35 bits per heavy atom. The normalized spacial score (nSPS) is 21.9. The number of hydrogen-bond donors (Lipinski definition) is 1. The molecule has 106 valence electrons. The molecule has 20 heavy (non-hydrogen) atoms. The number of pyridine rings is 1. The van der Waals surface area contributed by atoms with Gasteiger partial charge >= 0.3 is 0 Å². The van der Waals surface area contributed by atoms with Crippen LogP contribution >= 0.6 is 0 Å². The standard InChI is InChI=1S/C18H24N2/c1-4-9-20-17(15-12-18(15,2)3)14-8-7-13-6-5-10-19-16(13)11-14/h5-8,10-11,15,17,20H,4,9,12H2,1-3H3. The maximum atomic E-state index is 4.49. The van der Waals surface area contributed by atoms with Crippen molar-refractivity contribution in [3.8, 4) is 0 Å². The average molecular weight is 268 g/mol. The van der Waals surface area contributed by atoms with Crippen LogP contribution in [0.2, 0.25) is 0 Å². The first-order chi connectivity index (χ1) is 9.62. The van der Waals surface area contributed by atoms with E-state index in [0.29, 0.717) is 11.5 Å². The third-order valence-electron chi connectivity index (χ3n) is 4.60. The van der Waals surface area contributed by atoms with Gasteiger partial charge in [0.25, 0.3) is 0 Å². The van der Waals surface area contributed by atoms with E-state index in [0.717, 1.165) is 18.0 Å². The lowest BCUT2D eigenvalue weighted by molar-refractivity contribution is 0.416. The van der Waals surface area contributed by atoms with Gasteiger partial charge in [-0.1, -0.05) is 39.0 Å². The van der Waals surface area contributed by atoms with E-state index >= 15 is 0 Å². The van der Waals surface area contributed by atoms with Gasteiger partial charge in [-0.15, -0.1) is 0 Å². The van der Waals surface area contributed by atoms with Crippen LogP contribution in [0.4, 0.5) is 0 Å². The van der Waals surface area contributed by atoms with E-state index in [1.807, 2.05) is 12.3 Å². The summed E-state index contributed by atoms with van der Waals surface area (Å²) < 4.78 is 0. The Hall–Kier alpha value is -1.41. The minimum atomic E-state index is 0.469. The van der Waals surface area contributed by atoms with E-state index in [1.165, 1.54) is 23.8 Å². The van der Waals surface area contributed by atoms with Crippen LogP contribution in [0.1, 0.15) is 45.2 Å². The Labute approximate surface area is 121 Å². The second-order valence-corrected chi connectivity index (χ2v) is 6.69. The molecule has 0 aliphatic heterocycles. The Morgan fingerprint density at radius 3 is 2.85 bits per heavy atom. The highest BCUT2D eigenvalue weighted by Crippen LogP contribution is 2.57. The van der Waals surface area contributed by atoms with E-state index in [4.69, 9.17) is 0 Å². The lowest BCUT2D eigenvalue weighted by Gasteiger charge is -2.21. The fourth-order valence-corrected chi connectivity index (χ4v) is 3.15. The van der Waals surface area contributed by atoms with Gasteiger partial charge in [0.1, 0.15) is 0 Å². The number of benzene rings is 1. The molecule has 1 aromatic carbocycles. The van der Waals surface area contributed by atoms with Gasteiger partial charge in [0.2, 0.25) is 0 Å². The first-order valence-corrected chi connectivity index (χ1v) is 7.70. The van der Waals surface area contributed by atoms with Crippen LogP contribution in [-0.4, -0.2) is 11.5 Å². The van der Waals surface area contributed by atoms with Gasteiger partial charge in [-0.05, 0) is 48.4 Å². The van der Waals surface area contributed by atoms with Crippen molar-refractivity contribution >= 4 is 10.9 Å². The van der Waals surface area contributed by atoms with Crippen molar-refractivity contribution in [3.63, 3.8) is 0 Å². The predicted molar refractivity (Wildman–Crippen MR) is 84.7 cm³/mol. The van der Waals surface area contributed by atoms with Crippen LogP contribution < -0.4 is 5.32 Å². The molecule has 2 unspecified atom stereocenters. The van der Waals surface area contributed by atoms with Crippen LogP contribution in [0.5, 0.6) is 0 Å². The lowest BCUT2D eigenvalue weighted by atomic mass is 9.96. The Balaban J connectivity index is 1.92. The smallest absolute Gasteiger partial charge is 0.0705 e. The third-order valence-corrected chi connectivity index (χ3v) is 4.60. The minimum absolute atomic E-state index is 0.469. The fourth-order valence-electron chi connectivity index (χ4n) is 3.15. The van der Waals surface area contributed by atoms with Crippen LogP contribution in [0.15, 0.2) is 36.5 Å². The molecule has 1 saturated carbocycles. The fraction of sp³-hybridized carbons (Fsp3) is 0.500. The quantitative estimate of drug-likeness (QED) is 0.873. The highest BCUT2D eigenvalue weighted by Gasteiger charge is 2.50. The molecular weight excluding hydrogens is 244 g/mol. The topological polar surface area (TPSA) is 24.9 Å². The number of fused-ring (bicyclic) bond motifs is 1. The number of aromatic nitrogens is 1. The summed E-state index contributed by atoms with van der Waals surface area (Å²) in [5.74, 6) is 0.746. The van der Waals surface area contributed by atoms with Crippen LogP contribution in [-0.2, 0) is 0 Å². The predicted octanol–water partition coefficient (Wildman–Crippen LogP) is 4.32. The zero-order valence-corrected chi connectivity index (χ0v) is 12.7. The summed E-state index contributed by atoms with van der Waals surface area (Å²) in [5, 5.41) is 4.96. The first-order valence-electron chi connectivity index (χ1n) is 7.70. The van der Waals surface area contributed by atoms with Gasteiger partial charge in [-0.25, -0.2) is 0 Å². The molecule has 1 aliphatic carbocycles. The number of rotatable bonds is 5. The highest BCUT2D eigenvalue weighted by atomic mass is 14.9. The third kappa shape index (κ3) is 2.57. The molecule has 0 amide bonds.